The van der Waals surface area contributed by atoms with Crippen molar-refractivity contribution in [1.82, 2.24) is 9.80 Å². The lowest BCUT2D eigenvalue weighted by molar-refractivity contribution is -0.134. The van der Waals surface area contributed by atoms with Crippen molar-refractivity contribution in [2.75, 3.05) is 26.2 Å². The zero-order valence-corrected chi connectivity index (χ0v) is 12.8. The lowest BCUT2D eigenvalue weighted by Crippen LogP contribution is -2.54. The largest absolute Gasteiger partial charge is 0.508 e. The van der Waals surface area contributed by atoms with Crippen molar-refractivity contribution in [3.63, 3.8) is 0 Å². The first kappa shape index (κ1) is 15.8. The highest BCUT2D eigenvalue weighted by Gasteiger charge is 2.26. The molecule has 1 aromatic rings. The normalized spacial score (nSPS) is 18.0. The molecule has 1 atom stereocenters. The molecule has 0 bridgehead atoms. The first-order valence-corrected chi connectivity index (χ1v) is 7.53. The number of amides is 1. The topological polar surface area (TPSA) is 69.8 Å². The van der Waals surface area contributed by atoms with E-state index in [4.69, 9.17) is 5.73 Å². The minimum absolute atomic E-state index is 0.0199. The maximum atomic E-state index is 12.4. The molecular weight excluding hydrogens is 266 g/mol. The second-order valence-electron chi connectivity index (χ2n) is 5.93. The van der Waals surface area contributed by atoms with Crippen LogP contribution in [0.5, 0.6) is 5.75 Å². The number of benzene rings is 1. The van der Waals surface area contributed by atoms with Gasteiger partial charge in [-0.15, -0.1) is 0 Å². The first-order chi connectivity index (χ1) is 9.97. The van der Waals surface area contributed by atoms with E-state index >= 15 is 0 Å². The van der Waals surface area contributed by atoms with Gasteiger partial charge < -0.3 is 15.7 Å². The number of hydrogen-bond donors (Lipinski definition) is 2. The van der Waals surface area contributed by atoms with Gasteiger partial charge in [0.05, 0.1) is 6.04 Å². The molecule has 0 saturated carbocycles. The van der Waals surface area contributed by atoms with E-state index in [1.54, 1.807) is 24.3 Å². The number of hydrogen-bond acceptors (Lipinski definition) is 4. The van der Waals surface area contributed by atoms with Crippen molar-refractivity contribution in [1.29, 1.82) is 0 Å². The van der Waals surface area contributed by atoms with E-state index in [0.29, 0.717) is 12.5 Å². The fourth-order valence-electron chi connectivity index (χ4n) is 2.67. The van der Waals surface area contributed by atoms with E-state index in [1.165, 1.54) is 0 Å². The maximum absolute atomic E-state index is 12.4. The third-order valence-electron chi connectivity index (χ3n) is 4.07. The van der Waals surface area contributed by atoms with Gasteiger partial charge in [0.1, 0.15) is 5.75 Å². The SMILES string of the molecule is CC(C)N1CCN(C(=O)[C@H](N)Cc2ccc(O)cc2)CC1. The average molecular weight is 291 g/mol. The van der Waals surface area contributed by atoms with Crippen LogP contribution >= 0.6 is 0 Å². The van der Waals surface area contributed by atoms with Gasteiger partial charge in [0.25, 0.3) is 0 Å². The second-order valence-corrected chi connectivity index (χ2v) is 5.93. The second kappa shape index (κ2) is 6.91. The molecule has 1 aliphatic rings. The lowest BCUT2D eigenvalue weighted by atomic mass is 10.0. The summed E-state index contributed by atoms with van der Waals surface area (Å²) in [4.78, 5) is 16.6. The van der Waals surface area contributed by atoms with Crippen LogP contribution in [0.4, 0.5) is 0 Å². The van der Waals surface area contributed by atoms with Gasteiger partial charge in [0.2, 0.25) is 5.91 Å². The molecule has 0 spiro atoms. The molecule has 1 aliphatic heterocycles. The van der Waals surface area contributed by atoms with Crippen LogP contribution in [0.15, 0.2) is 24.3 Å². The summed E-state index contributed by atoms with van der Waals surface area (Å²) in [6.07, 6.45) is 0.503. The fourth-order valence-corrected chi connectivity index (χ4v) is 2.67. The molecule has 1 fully saturated rings. The Morgan fingerprint density at radius 3 is 2.29 bits per heavy atom. The highest BCUT2D eigenvalue weighted by Crippen LogP contribution is 2.12. The standard InChI is InChI=1S/C16H25N3O2/c1-12(2)18-7-9-19(10-8-18)16(21)15(17)11-13-3-5-14(20)6-4-13/h3-6,12,15,20H,7-11,17H2,1-2H3/t15-/m1/s1. The van der Waals surface area contributed by atoms with Gasteiger partial charge in [-0.3, -0.25) is 9.69 Å². The maximum Gasteiger partial charge on any atom is 0.239 e. The molecule has 5 nitrogen and oxygen atoms in total. The fraction of sp³-hybridized carbons (Fsp3) is 0.562. The third kappa shape index (κ3) is 4.19. The van der Waals surface area contributed by atoms with Gasteiger partial charge in [0, 0.05) is 32.2 Å². The van der Waals surface area contributed by atoms with E-state index < -0.39 is 6.04 Å². The number of nitrogens with zero attached hydrogens (tertiary/aromatic N) is 2. The number of carbonyl (C=O) groups is 1. The number of aromatic hydroxyl groups is 1. The molecule has 1 amide bonds. The Labute approximate surface area is 126 Å². The quantitative estimate of drug-likeness (QED) is 0.861. The van der Waals surface area contributed by atoms with Crippen LogP contribution in [0.1, 0.15) is 19.4 Å². The molecule has 116 valence electrons. The smallest absolute Gasteiger partial charge is 0.239 e. The van der Waals surface area contributed by atoms with Crippen LogP contribution in [0.2, 0.25) is 0 Å². The zero-order valence-electron chi connectivity index (χ0n) is 12.8. The zero-order chi connectivity index (χ0) is 15.4. The molecule has 1 aromatic carbocycles. The van der Waals surface area contributed by atoms with Crippen LogP contribution in [-0.4, -0.2) is 59.1 Å². The van der Waals surface area contributed by atoms with E-state index in [1.807, 2.05) is 4.90 Å². The summed E-state index contributed by atoms with van der Waals surface area (Å²) < 4.78 is 0. The third-order valence-corrected chi connectivity index (χ3v) is 4.07. The van der Waals surface area contributed by atoms with Gasteiger partial charge in [-0.1, -0.05) is 12.1 Å². The molecule has 0 unspecified atom stereocenters. The van der Waals surface area contributed by atoms with Gasteiger partial charge >= 0.3 is 0 Å². The first-order valence-electron chi connectivity index (χ1n) is 7.53. The van der Waals surface area contributed by atoms with Crippen molar-refractivity contribution in [3.8, 4) is 5.75 Å². The molecular formula is C16H25N3O2. The van der Waals surface area contributed by atoms with E-state index in [2.05, 4.69) is 18.7 Å². The molecule has 0 aliphatic carbocycles. The van der Waals surface area contributed by atoms with Gasteiger partial charge in [-0.25, -0.2) is 0 Å². The Hall–Kier alpha value is -1.59. The Morgan fingerprint density at radius 2 is 1.76 bits per heavy atom. The number of piperazine rings is 1. The number of rotatable bonds is 4. The summed E-state index contributed by atoms with van der Waals surface area (Å²) in [5.41, 5.74) is 7.01. The Bertz CT molecular complexity index is 465. The van der Waals surface area contributed by atoms with Crippen LogP contribution in [0.25, 0.3) is 0 Å². The van der Waals surface area contributed by atoms with Gasteiger partial charge in [-0.05, 0) is 38.0 Å². The van der Waals surface area contributed by atoms with Crippen LogP contribution < -0.4 is 5.73 Å². The molecule has 1 heterocycles. The predicted octanol–water partition coefficient (Wildman–Crippen LogP) is 0.815. The molecule has 2 rings (SSSR count). The molecule has 1 saturated heterocycles. The highest BCUT2D eigenvalue weighted by molar-refractivity contribution is 5.82. The van der Waals surface area contributed by atoms with E-state index in [9.17, 15) is 9.90 Å². The Balaban J connectivity index is 1.87. The van der Waals surface area contributed by atoms with Gasteiger partial charge in [0.15, 0.2) is 0 Å². The monoisotopic (exact) mass is 291 g/mol. The van der Waals surface area contributed by atoms with Crippen molar-refractivity contribution in [3.05, 3.63) is 29.8 Å². The summed E-state index contributed by atoms with van der Waals surface area (Å²) in [6.45, 7) is 7.67. The van der Waals surface area contributed by atoms with Crippen LogP contribution in [-0.2, 0) is 11.2 Å². The number of nitrogens with two attached hydrogens (primary N) is 1. The predicted molar refractivity (Wildman–Crippen MR) is 83.1 cm³/mol. The summed E-state index contributed by atoms with van der Waals surface area (Å²) >= 11 is 0. The average Bonchev–Trinajstić information content (AvgIpc) is 2.49. The summed E-state index contributed by atoms with van der Waals surface area (Å²) in [5, 5.41) is 9.26. The van der Waals surface area contributed by atoms with Crippen molar-refractivity contribution < 1.29 is 9.90 Å². The number of phenols is 1. The molecule has 21 heavy (non-hydrogen) atoms. The number of carbonyl (C=O) groups excluding carboxylic acids is 1. The van der Waals surface area contributed by atoms with Gasteiger partial charge in [-0.2, -0.15) is 0 Å². The van der Waals surface area contributed by atoms with Crippen LogP contribution in [0.3, 0.4) is 0 Å². The molecule has 0 aromatic heterocycles. The molecule has 5 heteroatoms. The molecule has 0 radical (unpaired) electrons. The van der Waals surface area contributed by atoms with E-state index in [-0.39, 0.29) is 11.7 Å². The van der Waals surface area contributed by atoms with E-state index in [0.717, 1.165) is 31.7 Å². The van der Waals surface area contributed by atoms with Crippen LogP contribution in [0, 0.1) is 0 Å². The minimum atomic E-state index is -0.514. The number of phenolic OH excluding ortho intramolecular Hbond substituents is 1. The van der Waals surface area contributed by atoms with Crippen molar-refractivity contribution in [2.24, 2.45) is 5.73 Å². The summed E-state index contributed by atoms with van der Waals surface area (Å²) in [7, 11) is 0. The summed E-state index contributed by atoms with van der Waals surface area (Å²) in [5.74, 6) is 0.245. The Kier molecular flexibility index (Phi) is 5.20. The minimum Gasteiger partial charge on any atom is -0.508 e. The highest BCUT2D eigenvalue weighted by atomic mass is 16.3. The lowest BCUT2D eigenvalue weighted by Gasteiger charge is -2.37. The Morgan fingerprint density at radius 1 is 1.19 bits per heavy atom. The van der Waals surface area contributed by atoms with Crippen molar-refractivity contribution in [2.45, 2.75) is 32.4 Å². The molecule has 3 N–H and O–H groups in total. The van der Waals surface area contributed by atoms with Crippen molar-refractivity contribution >= 4 is 5.91 Å². The summed E-state index contributed by atoms with van der Waals surface area (Å²) in [6, 6.07) is 6.85.